The molecule has 8 heteroatoms. The van der Waals surface area contributed by atoms with Crippen LogP contribution >= 0.6 is 0 Å². The first-order chi connectivity index (χ1) is 13.8. The average Bonchev–Trinajstić information content (AvgIpc) is 2.68. The predicted octanol–water partition coefficient (Wildman–Crippen LogP) is 3.03. The number of carbonyl (C=O) groups excluding carboxylic acids is 1. The van der Waals surface area contributed by atoms with Gasteiger partial charge in [0, 0.05) is 25.4 Å². The summed E-state index contributed by atoms with van der Waals surface area (Å²) in [6.45, 7) is 7.23. The van der Waals surface area contributed by atoms with E-state index in [-0.39, 0.29) is 17.4 Å². The second-order valence-corrected chi connectivity index (χ2v) is 8.27. The molecule has 0 unspecified atom stereocenters. The zero-order chi connectivity index (χ0) is 21.3. The Kier molecular flexibility index (Phi) is 8.48. The monoisotopic (exact) mass is 420 g/mol. The van der Waals surface area contributed by atoms with Gasteiger partial charge in [-0.25, -0.2) is 8.42 Å². The molecule has 2 N–H and O–H groups in total. The Morgan fingerprint density at radius 3 is 2.45 bits per heavy atom. The number of anilines is 1. The molecule has 0 bridgehead atoms. The second-order valence-electron chi connectivity index (χ2n) is 6.59. The van der Waals surface area contributed by atoms with Gasteiger partial charge in [0.2, 0.25) is 0 Å². The molecule has 0 fully saturated rings. The van der Waals surface area contributed by atoms with Crippen molar-refractivity contribution in [1.29, 1.82) is 0 Å². The molecule has 29 heavy (non-hydrogen) atoms. The SMILES string of the molecule is CCOCCCNC(=O)COc1ccc(S(=O)(=O)Nc2ccc(C)cc2)cc1C. The quantitative estimate of drug-likeness (QED) is 0.545. The minimum Gasteiger partial charge on any atom is -0.484 e. The smallest absolute Gasteiger partial charge is 0.261 e. The van der Waals surface area contributed by atoms with Crippen LogP contribution in [0, 0.1) is 13.8 Å². The first-order valence-electron chi connectivity index (χ1n) is 9.49. The molecule has 2 aromatic rings. The largest absolute Gasteiger partial charge is 0.484 e. The van der Waals surface area contributed by atoms with Gasteiger partial charge < -0.3 is 14.8 Å². The number of benzene rings is 2. The molecule has 0 spiro atoms. The van der Waals surface area contributed by atoms with Crippen LogP contribution < -0.4 is 14.8 Å². The maximum atomic E-state index is 12.6. The van der Waals surface area contributed by atoms with E-state index in [1.165, 1.54) is 12.1 Å². The molecule has 1 amide bonds. The molecule has 0 atom stereocenters. The van der Waals surface area contributed by atoms with E-state index >= 15 is 0 Å². The first kappa shape index (κ1) is 22.7. The van der Waals surface area contributed by atoms with E-state index in [9.17, 15) is 13.2 Å². The summed E-state index contributed by atoms with van der Waals surface area (Å²) >= 11 is 0. The molecule has 0 radical (unpaired) electrons. The molecule has 0 aliphatic rings. The van der Waals surface area contributed by atoms with Crippen LogP contribution in [0.25, 0.3) is 0 Å². The molecular formula is C21H28N2O5S. The minimum absolute atomic E-state index is 0.128. The zero-order valence-corrected chi connectivity index (χ0v) is 17.8. The van der Waals surface area contributed by atoms with Gasteiger partial charge in [-0.3, -0.25) is 9.52 Å². The fraction of sp³-hybridized carbons (Fsp3) is 0.381. The summed E-state index contributed by atoms with van der Waals surface area (Å²) < 4.78 is 38.4. The summed E-state index contributed by atoms with van der Waals surface area (Å²) in [7, 11) is -3.71. The van der Waals surface area contributed by atoms with Crippen molar-refractivity contribution in [2.45, 2.75) is 32.1 Å². The number of amides is 1. The Balaban J connectivity index is 1.92. The van der Waals surface area contributed by atoms with E-state index in [0.717, 1.165) is 12.0 Å². The zero-order valence-electron chi connectivity index (χ0n) is 17.0. The summed E-state index contributed by atoms with van der Waals surface area (Å²) in [4.78, 5) is 12.0. The van der Waals surface area contributed by atoms with E-state index in [2.05, 4.69) is 10.0 Å². The van der Waals surface area contributed by atoms with Crippen LogP contribution in [0.3, 0.4) is 0 Å². The second kappa shape index (κ2) is 10.8. The number of carbonyl (C=O) groups is 1. The van der Waals surface area contributed by atoms with Crippen molar-refractivity contribution >= 4 is 21.6 Å². The van der Waals surface area contributed by atoms with Crippen molar-refractivity contribution in [2.75, 3.05) is 31.1 Å². The fourth-order valence-corrected chi connectivity index (χ4v) is 3.67. The number of nitrogens with one attached hydrogen (secondary N) is 2. The van der Waals surface area contributed by atoms with Gasteiger partial charge in [0.1, 0.15) is 5.75 Å². The van der Waals surface area contributed by atoms with Crippen molar-refractivity contribution in [3.63, 3.8) is 0 Å². The van der Waals surface area contributed by atoms with E-state index in [1.54, 1.807) is 25.1 Å². The van der Waals surface area contributed by atoms with Gasteiger partial charge in [0.25, 0.3) is 15.9 Å². The van der Waals surface area contributed by atoms with Gasteiger partial charge in [0.15, 0.2) is 6.61 Å². The van der Waals surface area contributed by atoms with Crippen LogP contribution in [0.15, 0.2) is 47.4 Å². The van der Waals surface area contributed by atoms with Gasteiger partial charge in [-0.15, -0.1) is 0 Å². The van der Waals surface area contributed by atoms with Crippen LogP contribution in [-0.4, -0.2) is 40.7 Å². The number of sulfonamides is 1. The highest BCUT2D eigenvalue weighted by Gasteiger charge is 2.16. The molecular weight excluding hydrogens is 392 g/mol. The van der Waals surface area contributed by atoms with Gasteiger partial charge in [-0.2, -0.15) is 0 Å². The van der Waals surface area contributed by atoms with Gasteiger partial charge >= 0.3 is 0 Å². The Morgan fingerprint density at radius 2 is 1.79 bits per heavy atom. The van der Waals surface area contributed by atoms with Crippen molar-refractivity contribution < 1.29 is 22.7 Å². The van der Waals surface area contributed by atoms with Crippen LogP contribution in [-0.2, 0) is 19.6 Å². The summed E-state index contributed by atoms with van der Waals surface area (Å²) in [5.41, 5.74) is 2.17. The average molecular weight is 421 g/mol. The van der Waals surface area contributed by atoms with Crippen LogP contribution in [0.1, 0.15) is 24.5 Å². The number of hydrogen-bond acceptors (Lipinski definition) is 5. The molecule has 0 aliphatic carbocycles. The summed E-state index contributed by atoms with van der Waals surface area (Å²) in [6.07, 6.45) is 0.735. The summed E-state index contributed by atoms with van der Waals surface area (Å²) in [5, 5.41) is 2.75. The lowest BCUT2D eigenvalue weighted by Gasteiger charge is -2.12. The highest BCUT2D eigenvalue weighted by molar-refractivity contribution is 7.92. The minimum atomic E-state index is -3.71. The van der Waals surface area contributed by atoms with Crippen LogP contribution in [0.4, 0.5) is 5.69 Å². The summed E-state index contributed by atoms with van der Waals surface area (Å²) in [5.74, 6) is 0.224. The fourth-order valence-electron chi connectivity index (χ4n) is 2.53. The molecule has 2 rings (SSSR count). The van der Waals surface area contributed by atoms with Crippen molar-refractivity contribution in [3.05, 3.63) is 53.6 Å². The van der Waals surface area contributed by atoms with Crippen LogP contribution in [0.2, 0.25) is 0 Å². The third kappa shape index (κ3) is 7.40. The lowest BCUT2D eigenvalue weighted by molar-refractivity contribution is -0.123. The Hall–Kier alpha value is -2.58. The molecule has 7 nitrogen and oxygen atoms in total. The molecule has 0 aromatic heterocycles. The van der Waals surface area contributed by atoms with Gasteiger partial charge in [-0.05, 0) is 63.1 Å². The lowest BCUT2D eigenvalue weighted by Crippen LogP contribution is -2.30. The summed E-state index contributed by atoms with van der Waals surface area (Å²) in [6, 6.07) is 11.6. The Morgan fingerprint density at radius 1 is 1.07 bits per heavy atom. The molecule has 158 valence electrons. The van der Waals surface area contributed by atoms with Crippen molar-refractivity contribution in [3.8, 4) is 5.75 Å². The van der Waals surface area contributed by atoms with E-state index in [4.69, 9.17) is 9.47 Å². The third-order valence-electron chi connectivity index (χ3n) is 4.11. The van der Waals surface area contributed by atoms with Crippen LogP contribution in [0.5, 0.6) is 5.75 Å². The molecule has 0 saturated carbocycles. The number of hydrogen-bond donors (Lipinski definition) is 2. The Labute approximate surface area is 172 Å². The number of rotatable bonds is 11. The maximum Gasteiger partial charge on any atom is 0.261 e. The molecule has 0 heterocycles. The Bertz CT molecular complexity index is 911. The molecule has 0 aliphatic heterocycles. The number of aryl methyl sites for hydroxylation is 2. The first-order valence-corrected chi connectivity index (χ1v) is 11.0. The van der Waals surface area contributed by atoms with Gasteiger partial charge in [0.05, 0.1) is 4.90 Å². The van der Waals surface area contributed by atoms with E-state index < -0.39 is 10.0 Å². The topological polar surface area (TPSA) is 93.7 Å². The highest BCUT2D eigenvalue weighted by atomic mass is 32.2. The molecule has 2 aromatic carbocycles. The lowest BCUT2D eigenvalue weighted by atomic mass is 10.2. The van der Waals surface area contributed by atoms with Crippen molar-refractivity contribution in [2.24, 2.45) is 0 Å². The van der Waals surface area contributed by atoms with E-state index in [1.807, 2.05) is 26.0 Å². The molecule has 0 saturated heterocycles. The predicted molar refractivity (Wildman–Crippen MR) is 113 cm³/mol. The normalized spacial score (nSPS) is 11.1. The maximum absolute atomic E-state index is 12.6. The van der Waals surface area contributed by atoms with Crippen molar-refractivity contribution in [1.82, 2.24) is 5.32 Å². The highest BCUT2D eigenvalue weighted by Crippen LogP contribution is 2.23. The number of ether oxygens (including phenoxy) is 2. The van der Waals surface area contributed by atoms with E-state index in [0.29, 0.717) is 36.8 Å². The standard InChI is InChI=1S/C21H28N2O5S/c1-4-27-13-5-12-22-21(24)15-28-20-11-10-19(14-17(20)3)29(25,26)23-18-8-6-16(2)7-9-18/h6-11,14,23H,4-5,12-13,15H2,1-3H3,(H,22,24). The third-order valence-corrected chi connectivity index (χ3v) is 5.49. The van der Waals surface area contributed by atoms with Gasteiger partial charge in [-0.1, -0.05) is 17.7 Å².